The van der Waals surface area contributed by atoms with Crippen LogP contribution in [0.1, 0.15) is 12.5 Å². The minimum Gasteiger partial charge on any atom is -0.121 e. The summed E-state index contributed by atoms with van der Waals surface area (Å²) in [5.74, 6) is 0. The van der Waals surface area contributed by atoms with Crippen LogP contribution in [0.5, 0.6) is 0 Å². The van der Waals surface area contributed by atoms with E-state index in [2.05, 4.69) is 41.1 Å². The van der Waals surface area contributed by atoms with Gasteiger partial charge in [-0.15, -0.1) is 11.8 Å². The van der Waals surface area contributed by atoms with Crippen LogP contribution in [0.3, 0.4) is 0 Å². The van der Waals surface area contributed by atoms with E-state index in [1.165, 1.54) is 21.4 Å². The van der Waals surface area contributed by atoms with E-state index in [4.69, 9.17) is 0 Å². The van der Waals surface area contributed by atoms with Crippen LogP contribution in [0, 0.1) is 0 Å². The van der Waals surface area contributed by atoms with E-state index in [-0.39, 0.29) is 0 Å². The van der Waals surface area contributed by atoms with Gasteiger partial charge in [-0.3, -0.25) is 0 Å². The van der Waals surface area contributed by atoms with Gasteiger partial charge in [-0.1, -0.05) is 19.1 Å². The van der Waals surface area contributed by atoms with Gasteiger partial charge < -0.3 is 0 Å². The normalized spacial score (nSPS) is 21.8. The lowest BCUT2D eigenvalue weighted by Crippen LogP contribution is -1.90. The number of halogens is 1. The molecule has 11 heavy (non-hydrogen) atoms. The Morgan fingerprint density at radius 2 is 2.36 bits per heavy atom. The summed E-state index contributed by atoms with van der Waals surface area (Å²) in [5, 5.41) is 0.753. The molecule has 2 heteroatoms. The third-order valence-electron chi connectivity index (χ3n) is 1.87. The molecule has 0 saturated carbocycles. The van der Waals surface area contributed by atoms with Crippen molar-refractivity contribution >= 4 is 27.7 Å². The molecule has 1 aromatic rings. The van der Waals surface area contributed by atoms with E-state index in [0.717, 1.165) is 5.25 Å². The van der Waals surface area contributed by atoms with Gasteiger partial charge in [0.05, 0.1) is 0 Å². The zero-order valence-corrected chi connectivity index (χ0v) is 8.71. The van der Waals surface area contributed by atoms with Gasteiger partial charge in [0.15, 0.2) is 0 Å². The first kappa shape index (κ1) is 7.69. The molecule has 1 aliphatic rings. The smallest absolute Gasteiger partial charge is 0.0314 e. The quantitative estimate of drug-likeness (QED) is 0.656. The highest BCUT2D eigenvalue weighted by Crippen LogP contribution is 2.41. The Morgan fingerprint density at radius 3 is 3.09 bits per heavy atom. The van der Waals surface area contributed by atoms with Crippen LogP contribution in [0.25, 0.3) is 0 Å². The standard InChI is InChI=1S/C9H9BrS/c1-6-5-7-3-2-4-8(10)9(7)11-6/h2-4,6H,5H2,1H3. The molecule has 0 N–H and O–H groups in total. The SMILES string of the molecule is CC1Cc2cccc(Br)c2S1. The topological polar surface area (TPSA) is 0 Å². The Bertz CT molecular complexity index is 283. The highest BCUT2D eigenvalue weighted by Gasteiger charge is 2.19. The number of hydrogen-bond acceptors (Lipinski definition) is 1. The van der Waals surface area contributed by atoms with Gasteiger partial charge in [0.2, 0.25) is 0 Å². The van der Waals surface area contributed by atoms with E-state index in [0.29, 0.717) is 0 Å². The molecular weight excluding hydrogens is 220 g/mol. The van der Waals surface area contributed by atoms with Gasteiger partial charge in [-0.25, -0.2) is 0 Å². The molecule has 0 bridgehead atoms. The third kappa shape index (κ3) is 1.34. The van der Waals surface area contributed by atoms with E-state index >= 15 is 0 Å². The minimum absolute atomic E-state index is 0.753. The highest BCUT2D eigenvalue weighted by molar-refractivity contribution is 9.10. The van der Waals surface area contributed by atoms with E-state index < -0.39 is 0 Å². The second-order valence-electron chi connectivity index (χ2n) is 2.86. The summed E-state index contributed by atoms with van der Waals surface area (Å²) in [4.78, 5) is 1.44. The largest absolute Gasteiger partial charge is 0.121 e. The fourth-order valence-corrected chi connectivity index (χ4v) is 3.24. The molecule has 0 aromatic heterocycles. The van der Waals surface area contributed by atoms with Crippen molar-refractivity contribution in [1.29, 1.82) is 0 Å². The monoisotopic (exact) mass is 228 g/mol. The fourth-order valence-electron chi connectivity index (χ4n) is 1.40. The number of hydrogen-bond donors (Lipinski definition) is 0. The lowest BCUT2D eigenvalue weighted by molar-refractivity contribution is 0.958. The van der Waals surface area contributed by atoms with Gasteiger partial charge in [0, 0.05) is 14.6 Å². The van der Waals surface area contributed by atoms with Crippen LogP contribution in [0.2, 0.25) is 0 Å². The summed E-state index contributed by atoms with van der Waals surface area (Å²) in [5.41, 5.74) is 1.50. The zero-order chi connectivity index (χ0) is 7.84. The van der Waals surface area contributed by atoms with Crippen molar-refractivity contribution in [3.63, 3.8) is 0 Å². The molecule has 0 amide bonds. The maximum absolute atomic E-state index is 3.55. The minimum atomic E-state index is 0.753. The maximum Gasteiger partial charge on any atom is 0.0314 e. The number of thioether (sulfide) groups is 1. The van der Waals surface area contributed by atoms with Crippen molar-refractivity contribution in [3.8, 4) is 0 Å². The molecular formula is C9H9BrS. The average Bonchev–Trinajstić information content (AvgIpc) is 2.31. The molecule has 1 aliphatic heterocycles. The van der Waals surface area contributed by atoms with Crippen molar-refractivity contribution < 1.29 is 0 Å². The van der Waals surface area contributed by atoms with Crippen molar-refractivity contribution in [1.82, 2.24) is 0 Å². The molecule has 0 aliphatic carbocycles. The van der Waals surface area contributed by atoms with Crippen LogP contribution < -0.4 is 0 Å². The lowest BCUT2D eigenvalue weighted by Gasteiger charge is -1.98. The lowest BCUT2D eigenvalue weighted by atomic mass is 10.1. The molecule has 1 unspecified atom stereocenters. The summed E-state index contributed by atoms with van der Waals surface area (Å²) in [7, 11) is 0. The van der Waals surface area contributed by atoms with Crippen molar-refractivity contribution in [2.24, 2.45) is 0 Å². The fraction of sp³-hybridized carbons (Fsp3) is 0.333. The van der Waals surface area contributed by atoms with E-state index in [1.54, 1.807) is 0 Å². The summed E-state index contributed by atoms with van der Waals surface area (Å²) in [6, 6.07) is 6.45. The molecule has 0 saturated heterocycles. The van der Waals surface area contributed by atoms with Crippen LogP contribution in [-0.4, -0.2) is 5.25 Å². The molecule has 0 fully saturated rings. The van der Waals surface area contributed by atoms with Gasteiger partial charge in [0.1, 0.15) is 0 Å². The maximum atomic E-state index is 3.55. The molecule has 0 nitrogen and oxygen atoms in total. The molecule has 58 valence electrons. The van der Waals surface area contributed by atoms with Gasteiger partial charge in [0.25, 0.3) is 0 Å². The third-order valence-corrected chi connectivity index (χ3v) is 4.09. The Balaban J connectivity index is 2.49. The molecule has 0 spiro atoms. The Morgan fingerprint density at radius 1 is 1.55 bits per heavy atom. The predicted molar refractivity (Wildman–Crippen MR) is 53.2 cm³/mol. The molecule has 1 atom stereocenters. The summed E-state index contributed by atoms with van der Waals surface area (Å²) in [6.07, 6.45) is 1.22. The van der Waals surface area contributed by atoms with Crippen LogP contribution in [0.4, 0.5) is 0 Å². The summed E-state index contributed by atoms with van der Waals surface area (Å²) < 4.78 is 1.25. The van der Waals surface area contributed by atoms with Gasteiger partial charge >= 0.3 is 0 Å². The predicted octanol–water partition coefficient (Wildman–Crippen LogP) is 3.49. The highest BCUT2D eigenvalue weighted by atomic mass is 79.9. The molecule has 2 rings (SSSR count). The first-order valence-electron chi connectivity index (χ1n) is 3.71. The Labute approximate surface area is 79.5 Å². The van der Waals surface area contributed by atoms with Crippen molar-refractivity contribution in [3.05, 3.63) is 28.2 Å². The molecule has 1 heterocycles. The van der Waals surface area contributed by atoms with Gasteiger partial charge in [-0.05, 0) is 34.0 Å². The number of fused-ring (bicyclic) bond motifs is 1. The van der Waals surface area contributed by atoms with Crippen molar-refractivity contribution in [2.75, 3.05) is 0 Å². The second-order valence-corrected chi connectivity index (χ2v) is 5.16. The zero-order valence-electron chi connectivity index (χ0n) is 6.30. The van der Waals surface area contributed by atoms with E-state index in [9.17, 15) is 0 Å². The Kier molecular flexibility index (Phi) is 1.98. The number of benzene rings is 1. The van der Waals surface area contributed by atoms with Crippen LogP contribution in [-0.2, 0) is 6.42 Å². The Hall–Kier alpha value is 0.0500. The summed E-state index contributed by atoms with van der Waals surface area (Å²) >= 11 is 5.52. The number of rotatable bonds is 0. The first-order valence-corrected chi connectivity index (χ1v) is 5.38. The van der Waals surface area contributed by atoms with Crippen LogP contribution >= 0.6 is 27.7 Å². The van der Waals surface area contributed by atoms with Crippen LogP contribution in [0.15, 0.2) is 27.6 Å². The molecule has 0 radical (unpaired) electrons. The van der Waals surface area contributed by atoms with Crippen molar-refractivity contribution in [2.45, 2.75) is 23.5 Å². The summed E-state index contributed by atoms with van der Waals surface area (Å²) in [6.45, 7) is 2.27. The van der Waals surface area contributed by atoms with E-state index in [1.807, 2.05) is 11.8 Å². The molecule has 1 aromatic carbocycles. The average molecular weight is 229 g/mol. The first-order chi connectivity index (χ1) is 5.27. The van der Waals surface area contributed by atoms with Gasteiger partial charge in [-0.2, -0.15) is 0 Å². The second kappa shape index (κ2) is 2.83.